The van der Waals surface area contributed by atoms with Crippen LogP contribution >= 0.6 is 0 Å². The van der Waals surface area contributed by atoms with Gasteiger partial charge in [-0.15, -0.1) is 0 Å². The summed E-state index contributed by atoms with van der Waals surface area (Å²) in [5.41, 5.74) is 0. The van der Waals surface area contributed by atoms with Crippen LogP contribution in [0, 0.1) is 23.7 Å². The molecule has 67 heavy (non-hydrogen) atoms. The summed E-state index contributed by atoms with van der Waals surface area (Å²) >= 11 is 0. The zero-order valence-corrected chi connectivity index (χ0v) is 44.1. The van der Waals surface area contributed by atoms with Crippen LogP contribution in [0.15, 0.2) is 0 Å². The molecule has 0 spiro atoms. The van der Waals surface area contributed by atoms with Crippen molar-refractivity contribution in [1.82, 2.24) is 24.5 Å². The fraction of sp³-hybridized carbons (Fsp3) is 0.929. The number of unbranched alkanes of at least 4 members (excludes halogenated alkanes) is 2. The third kappa shape index (κ3) is 29.4. The largest absolute Gasteiger partial charge is 0.394 e. The Kier molecular flexibility index (Phi) is 33.2. The number of piperidine rings is 4. The summed E-state index contributed by atoms with van der Waals surface area (Å²) in [6, 6.07) is 0. The molecule has 1 atom stereocenters. The lowest BCUT2D eigenvalue weighted by atomic mass is 9.87. The minimum Gasteiger partial charge on any atom is -0.394 e. The monoisotopic (exact) mass is 944 g/mol. The Labute approximate surface area is 411 Å². The van der Waals surface area contributed by atoms with E-state index < -0.39 is 6.10 Å². The molecule has 0 amide bonds. The smallest absolute Gasteiger partial charge is 0.134 e. The Morgan fingerprint density at radius 3 is 1.15 bits per heavy atom. The molecule has 0 saturated carbocycles. The second kappa shape index (κ2) is 37.2. The standard InChI is InChI=1S/C30H57N3O4.C26H48N2O2/c1-3-16-31-19-11-27(12-20-31)8-4-9-28-13-21-32(22-14-28)23-15-29(36)10-6-18-33(24-30(37)25-34)17-5-7-26(2)35;1-3-17-27-18-12-24(13-19-27)9-7-10-25-14-20-28(21-15-25)22-16-26(30)11-6-4-5-8-23(2)29/h27-28,30,34,37H,3-25H2,1-2H3;24-25H,3-22H2,1-2H3. The Bertz CT molecular complexity index is 1290. The predicted octanol–water partition coefficient (Wildman–Crippen LogP) is 9.24. The Morgan fingerprint density at radius 2 is 0.791 bits per heavy atom. The van der Waals surface area contributed by atoms with Gasteiger partial charge in [0, 0.05) is 58.2 Å². The molecule has 0 aliphatic carbocycles. The maximum absolute atomic E-state index is 12.5. The molecule has 4 aliphatic heterocycles. The van der Waals surface area contributed by atoms with Crippen LogP contribution in [0.2, 0.25) is 0 Å². The first kappa shape index (κ1) is 59.7. The SMILES string of the molecule is CCCN1CCC(CCCC2CCN(CCC(=O)CCCCCC(C)=O)CC2)CC1.CCCN1CCC(CCCC2CCN(CCC(=O)CCCN(CCCC(C)=O)CC(O)CO)CC2)CC1. The van der Waals surface area contributed by atoms with Gasteiger partial charge >= 0.3 is 0 Å². The maximum Gasteiger partial charge on any atom is 0.134 e. The molecule has 11 heteroatoms. The number of ketones is 4. The van der Waals surface area contributed by atoms with E-state index in [1.807, 2.05) is 0 Å². The lowest BCUT2D eigenvalue weighted by Gasteiger charge is -2.33. The van der Waals surface area contributed by atoms with Crippen LogP contribution < -0.4 is 0 Å². The van der Waals surface area contributed by atoms with Crippen molar-refractivity contribution in [2.24, 2.45) is 23.7 Å². The molecule has 0 aromatic heterocycles. The van der Waals surface area contributed by atoms with Gasteiger partial charge in [-0.3, -0.25) is 9.59 Å². The van der Waals surface area contributed by atoms with Crippen molar-refractivity contribution < 1.29 is 29.4 Å². The van der Waals surface area contributed by atoms with Gasteiger partial charge in [0.2, 0.25) is 0 Å². The van der Waals surface area contributed by atoms with Gasteiger partial charge in [-0.2, -0.15) is 0 Å². The molecular formula is C56H105N5O6. The molecule has 4 saturated heterocycles. The van der Waals surface area contributed by atoms with Crippen LogP contribution in [0.4, 0.5) is 0 Å². The van der Waals surface area contributed by atoms with Gasteiger partial charge in [0.05, 0.1) is 12.7 Å². The van der Waals surface area contributed by atoms with E-state index in [4.69, 9.17) is 5.11 Å². The predicted molar refractivity (Wildman–Crippen MR) is 277 cm³/mol. The molecule has 2 N–H and O–H groups in total. The zero-order valence-electron chi connectivity index (χ0n) is 44.1. The van der Waals surface area contributed by atoms with Gasteiger partial charge in [0.15, 0.2) is 0 Å². The number of nitrogens with zero attached hydrogens (tertiary/aromatic N) is 5. The van der Waals surface area contributed by atoms with E-state index in [9.17, 15) is 24.3 Å². The first-order valence-electron chi connectivity index (χ1n) is 28.4. The highest BCUT2D eigenvalue weighted by Crippen LogP contribution is 2.29. The molecule has 0 bridgehead atoms. The molecular weight excluding hydrogens is 839 g/mol. The second-order valence-corrected chi connectivity index (χ2v) is 21.9. The second-order valence-electron chi connectivity index (χ2n) is 21.9. The highest BCUT2D eigenvalue weighted by atomic mass is 16.3. The van der Waals surface area contributed by atoms with E-state index in [0.29, 0.717) is 69.7 Å². The summed E-state index contributed by atoms with van der Waals surface area (Å²) in [5.74, 6) is 4.87. The van der Waals surface area contributed by atoms with Crippen molar-refractivity contribution in [3.05, 3.63) is 0 Å². The molecule has 4 fully saturated rings. The Hall–Kier alpha value is -1.60. The number of hydrogen-bond acceptors (Lipinski definition) is 11. The van der Waals surface area contributed by atoms with Crippen molar-refractivity contribution >= 4 is 23.1 Å². The number of carbonyl (C=O) groups excluding carboxylic acids is 4. The summed E-state index contributed by atoms with van der Waals surface area (Å²) in [5, 5.41) is 18.9. The number of hydrogen-bond donors (Lipinski definition) is 2. The third-order valence-corrected chi connectivity index (χ3v) is 15.9. The molecule has 4 heterocycles. The van der Waals surface area contributed by atoms with E-state index in [1.54, 1.807) is 13.8 Å². The fourth-order valence-corrected chi connectivity index (χ4v) is 11.4. The zero-order chi connectivity index (χ0) is 48.5. The average Bonchev–Trinajstić information content (AvgIpc) is 3.32. The molecule has 0 radical (unpaired) electrons. The molecule has 0 aromatic carbocycles. The number of Topliss-reactive ketones (excluding diaryl/α,β-unsaturated/α-hetero) is 4. The topological polar surface area (TPSA) is 125 Å². The summed E-state index contributed by atoms with van der Waals surface area (Å²) in [4.78, 5) is 59.0. The molecule has 390 valence electrons. The summed E-state index contributed by atoms with van der Waals surface area (Å²) < 4.78 is 0. The van der Waals surface area contributed by atoms with Gasteiger partial charge in [0.25, 0.3) is 0 Å². The molecule has 1 unspecified atom stereocenters. The first-order valence-corrected chi connectivity index (χ1v) is 28.4. The van der Waals surface area contributed by atoms with Crippen LogP contribution in [-0.2, 0) is 19.2 Å². The van der Waals surface area contributed by atoms with Gasteiger partial charge < -0.3 is 44.3 Å². The summed E-state index contributed by atoms with van der Waals surface area (Å²) in [6.45, 7) is 23.7. The highest BCUT2D eigenvalue weighted by molar-refractivity contribution is 5.79. The summed E-state index contributed by atoms with van der Waals surface area (Å²) in [6.07, 6.45) is 29.3. The molecule has 0 aromatic rings. The van der Waals surface area contributed by atoms with Crippen molar-refractivity contribution in [3.63, 3.8) is 0 Å². The van der Waals surface area contributed by atoms with Gasteiger partial charge in [-0.25, -0.2) is 0 Å². The number of aliphatic hydroxyl groups excluding tert-OH is 2. The van der Waals surface area contributed by atoms with Gasteiger partial charge in [-0.1, -0.05) is 58.8 Å². The number of likely N-dealkylation sites (tertiary alicyclic amines) is 4. The van der Waals surface area contributed by atoms with Crippen molar-refractivity contribution in [3.8, 4) is 0 Å². The van der Waals surface area contributed by atoms with E-state index >= 15 is 0 Å². The van der Waals surface area contributed by atoms with E-state index in [0.717, 1.165) is 82.0 Å². The lowest BCUT2D eigenvalue weighted by Crippen LogP contribution is -2.36. The quantitative estimate of drug-likeness (QED) is 0.0591. The third-order valence-electron chi connectivity index (χ3n) is 15.9. The van der Waals surface area contributed by atoms with Crippen LogP contribution in [-0.4, -0.2) is 169 Å². The van der Waals surface area contributed by atoms with Crippen molar-refractivity contribution in [1.29, 1.82) is 0 Å². The minimum absolute atomic E-state index is 0.167. The van der Waals surface area contributed by atoms with E-state index in [1.165, 1.54) is 155 Å². The van der Waals surface area contributed by atoms with E-state index in [-0.39, 0.29) is 18.2 Å². The van der Waals surface area contributed by atoms with Gasteiger partial charge in [0.1, 0.15) is 23.1 Å². The average molecular weight is 944 g/mol. The Balaban J connectivity index is 0.000000363. The molecule has 4 aliphatic rings. The fourth-order valence-electron chi connectivity index (χ4n) is 11.4. The molecule has 11 nitrogen and oxygen atoms in total. The normalized spacial score (nSPS) is 19.7. The number of rotatable bonds is 35. The van der Waals surface area contributed by atoms with E-state index in [2.05, 4.69) is 38.3 Å². The first-order chi connectivity index (χ1) is 32.5. The lowest BCUT2D eigenvalue weighted by molar-refractivity contribution is -0.120. The number of aliphatic hydroxyl groups is 2. The highest BCUT2D eigenvalue weighted by Gasteiger charge is 2.24. The van der Waals surface area contributed by atoms with Gasteiger partial charge in [-0.05, 0) is 206 Å². The van der Waals surface area contributed by atoms with Crippen molar-refractivity contribution in [2.75, 3.05) is 105 Å². The van der Waals surface area contributed by atoms with Crippen LogP contribution in [0.1, 0.15) is 201 Å². The molecule has 4 rings (SSSR count). The van der Waals surface area contributed by atoms with Crippen LogP contribution in [0.5, 0.6) is 0 Å². The van der Waals surface area contributed by atoms with Crippen LogP contribution in [0.3, 0.4) is 0 Å². The maximum atomic E-state index is 12.5. The Morgan fingerprint density at radius 1 is 0.463 bits per heavy atom. The minimum atomic E-state index is -0.778. The van der Waals surface area contributed by atoms with Crippen LogP contribution in [0.25, 0.3) is 0 Å². The van der Waals surface area contributed by atoms with Crippen molar-refractivity contribution in [2.45, 2.75) is 207 Å². The summed E-state index contributed by atoms with van der Waals surface area (Å²) in [7, 11) is 0. The number of carbonyl (C=O) groups is 4.